The Hall–Kier alpha value is -2.48. The number of carbonyl (C=O) groups is 3. The summed E-state index contributed by atoms with van der Waals surface area (Å²) in [6.07, 6.45) is -0.135. The van der Waals surface area contributed by atoms with Crippen molar-refractivity contribution in [2.24, 2.45) is 0 Å². The summed E-state index contributed by atoms with van der Waals surface area (Å²) >= 11 is 5.23. The van der Waals surface area contributed by atoms with E-state index in [9.17, 15) is 14.4 Å². The van der Waals surface area contributed by atoms with Crippen molar-refractivity contribution in [3.63, 3.8) is 0 Å². The Labute approximate surface area is 139 Å². The van der Waals surface area contributed by atoms with Gasteiger partial charge in [-0.3, -0.25) is 19.7 Å². The van der Waals surface area contributed by atoms with Crippen LogP contribution in [0.4, 0.5) is 0 Å². The molecular formula is C15H17N3O4S. The molecule has 2 amide bonds. The van der Waals surface area contributed by atoms with E-state index in [2.05, 4.69) is 15.4 Å². The number of hydrogen-bond donors (Lipinski definition) is 2. The van der Waals surface area contributed by atoms with Crippen LogP contribution < -0.4 is 10.6 Å². The molecule has 2 N–H and O–H groups in total. The Morgan fingerprint density at radius 3 is 2.74 bits per heavy atom. The van der Waals surface area contributed by atoms with Crippen molar-refractivity contribution in [3.8, 4) is 0 Å². The number of methoxy groups -OCH3 is 1. The monoisotopic (exact) mass is 335 g/mol. The maximum Gasteiger partial charge on any atom is 0.308 e. The fourth-order valence-corrected chi connectivity index (χ4v) is 2.54. The molecule has 1 saturated heterocycles. The Balaban J connectivity index is 2.07. The summed E-state index contributed by atoms with van der Waals surface area (Å²) in [6, 6.07) is 7.81. The van der Waals surface area contributed by atoms with Crippen molar-refractivity contribution in [2.45, 2.75) is 12.5 Å². The van der Waals surface area contributed by atoms with Crippen LogP contribution in [0.25, 0.3) is 0 Å². The second-order valence-electron chi connectivity index (χ2n) is 4.91. The molecule has 1 aliphatic heterocycles. The Kier molecular flexibility index (Phi) is 5.64. The summed E-state index contributed by atoms with van der Waals surface area (Å²) < 4.78 is 4.60. The molecule has 0 bridgehead atoms. The molecule has 23 heavy (non-hydrogen) atoms. The van der Waals surface area contributed by atoms with Gasteiger partial charge in [-0.05, 0) is 24.4 Å². The van der Waals surface area contributed by atoms with Crippen molar-refractivity contribution in [1.29, 1.82) is 0 Å². The van der Waals surface area contributed by atoms with E-state index in [0.717, 1.165) is 0 Å². The van der Waals surface area contributed by atoms with Crippen LogP contribution in [-0.4, -0.2) is 54.0 Å². The van der Waals surface area contributed by atoms with Gasteiger partial charge in [-0.1, -0.05) is 18.2 Å². The molecule has 0 radical (unpaired) electrons. The lowest BCUT2D eigenvalue weighted by molar-refractivity contribution is -0.144. The van der Waals surface area contributed by atoms with E-state index >= 15 is 0 Å². The van der Waals surface area contributed by atoms with E-state index in [4.69, 9.17) is 12.2 Å². The summed E-state index contributed by atoms with van der Waals surface area (Å²) in [5.41, 5.74) is 0.459. The number of thiocarbonyl (C=S) groups is 1. The lowest BCUT2D eigenvalue weighted by atomic mass is 10.1. The molecule has 7 nitrogen and oxygen atoms in total. The highest BCUT2D eigenvalue weighted by Crippen LogP contribution is 2.11. The first-order valence-electron chi connectivity index (χ1n) is 7.04. The molecule has 0 unspecified atom stereocenters. The van der Waals surface area contributed by atoms with Gasteiger partial charge in [-0.2, -0.15) is 0 Å². The Morgan fingerprint density at radius 2 is 2.09 bits per heavy atom. The second-order valence-corrected chi connectivity index (χ2v) is 5.29. The largest absolute Gasteiger partial charge is 0.469 e. The molecular weight excluding hydrogens is 318 g/mol. The number of piperazine rings is 1. The van der Waals surface area contributed by atoms with Gasteiger partial charge in [0.1, 0.15) is 6.04 Å². The molecule has 1 heterocycles. The van der Waals surface area contributed by atoms with E-state index in [1.54, 1.807) is 30.3 Å². The molecule has 122 valence electrons. The highest BCUT2D eigenvalue weighted by Gasteiger charge is 2.34. The average molecular weight is 335 g/mol. The topological polar surface area (TPSA) is 87.7 Å². The number of nitrogens with zero attached hydrogens (tertiary/aromatic N) is 1. The van der Waals surface area contributed by atoms with Gasteiger partial charge in [-0.25, -0.2) is 0 Å². The molecule has 2 rings (SSSR count). The van der Waals surface area contributed by atoms with Crippen LogP contribution in [0.2, 0.25) is 0 Å². The highest BCUT2D eigenvalue weighted by molar-refractivity contribution is 7.80. The number of benzene rings is 1. The van der Waals surface area contributed by atoms with Crippen molar-refractivity contribution < 1.29 is 19.1 Å². The molecule has 0 saturated carbocycles. The van der Waals surface area contributed by atoms with E-state index in [0.29, 0.717) is 18.7 Å². The van der Waals surface area contributed by atoms with Gasteiger partial charge in [0.15, 0.2) is 5.11 Å². The van der Waals surface area contributed by atoms with Crippen LogP contribution in [0.3, 0.4) is 0 Å². The molecule has 1 atom stereocenters. The van der Waals surface area contributed by atoms with E-state index in [-0.39, 0.29) is 23.3 Å². The predicted octanol–water partition coefficient (Wildman–Crippen LogP) is 0.0648. The maximum atomic E-state index is 12.1. The summed E-state index contributed by atoms with van der Waals surface area (Å²) in [6.45, 7) is 0.791. The predicted molar refractivity (Wildman–Crippen MR) is 86.6 cm³/mol. The normalized spacial score (nSPS) is 17.2. The molecule has 0 aliphatic carbocycles. The Bertz CT molecular complexity index is 620. The van der Waals surface area contributed by atoms with Crippen LogP contribution >= 0.6 is 12.2 Å². The molecule has 1 aliphatic rings. The first-order chi connectivity index (χ1) is 11.0. The molecule has 1 aromatic carbocycles. The van der Waals surface area contributed by atoms with Crippen LogP contribution in [0.15, 0.2) is 30.3 Å². The molecule has 0 spiro atoms. The second kappa shape index (κ2) is 7.68. The van der Waals surface area contributed by atoms with Gasteiger partial charge >= 0.3 is 5.97 Å². The van der Waals surface area contributed by atoms with Crippen LogP contribution in [0, 0.1) is 0 Å². The minimum atomic E-state index is -0.792. The van der Waals surface area contributed by atoms with Gasteiger partial charge < -0.3 is 15.0 Å². The third-order valence-electron chi connectivity index (χ3n) is 3.44. The minimum absolute atomic E-state index is 0.114. The summed E-state index contributed by atoms with van der Waals surface area (Å²) in [4.78, 5) is 37.1. The summed E-state index contributed by atoms with van der Waals surface area (Å²) in [5, 5.41) is 5.38. The molecule has 1 aromatic rings. The standard InChI is InChI=1S/C15H17N3O4S/c1-22-12(19)9-11-14(21)16-7-8-18(11)15(23)17-13(20)10-5-3-2-4-6-10/h2-6,11H,7-9H2,1H3,(H,16,21)(H,17,20,23)/t11-/m0/s1. The molecule has 0 aromatic heterocycles. The zero-order chi connectivity index (χ0) is 16.8. The summed E-state index contributed by atoms with van der Waals surface area (Å²) in [7, 11) is 1.25. The van der Waals surface area contributed by atoms with Crippen molar-refractivity contribution in [2.75, 3.05) is 20.2 Å². The number of carbonyl (C=O) groups excluding carboxylic acids is 3. The third kappa shape index (κ3) is 4.26. The number of nitrogens with one attached hydrogen (secondary N) is 2. The minimum Gasteiger partial charge on any atom is -0.469 e. The number of hydrogen-bond acceptors (Lipinski definition) is 5. The molecule has 8 heteroatoms. The van der Waals surface area contributed by atoms with Crippen molar-refractivity contribution in [1.82, 2.24) is 15.5 Å². The van der Waals surface area contributed by atoms with Gasteiger partial charge in [0.25, 0.3) is 5.91 Å². The number of amides is 2. The SMILES string of the molecule is COC(=O)C[C@H]1C(=O)NCCN1C(=S)NC(=O)c1ccccc1. The van der Waals surface area contributed by atoms with Gasteiger partial charge in [-0.15, -0.1) is 0 Å². The smallest absolute Gasteiger partial charge is 0.308 e. The number of esters is 1. The first kappa shape index (κ1) is 16.9. The van der Waals surface area contributed by atoms with Crippen LogP contribution in [0.1, 0.15) is 16.8 Å². The first-order valence-corrected chi connectivity index (χ1v) is 7.45. The van der Waals surface area contributed by atoms with Crippen LogP contribution in [-0.2, 0) is 14.3 Å². The maximum absolute atomic E-state index is 12.1. The van der Waals surface area contributed by atoms with Crippen molar-refractivity contribution >= 4 is 35.1 Å². The zero-order valence-electron chi connectivity index (χ0n) is 12.6. The third-order valence-corrected chi connectivity index (χ3v) is 3.77. The fraction of sp³-hybridized carbons (Fsp3) is 0.333. The quantitative estimate of drug-likeness (QED) is 0.600. The van der Waals surface area contributed by atoms with Crippen LogP contribution in [0.5, 0.6) is 0 Å². The lowest BCUT2D eigenvalue weighted by Gasteiger charge is -2.36. The van der Waals surface area contributed by atoms with Crippen molar-refractivity contribution in [3.05, 3.63) is 35.9 Å². The Morgan fingerprint density at radius 1 is 1.39 bits per heavy atom. The zero-order valence-corrected chi connectivity index (χ0v) is 13.4. The molecule has 1 fully saturated rings. The van der Waals surface area contributed by atoms with Gasteiger partial charge in [0.2, 0.25) is 5.91 Å². The number of ether oxygens (including phenoxy) is 1. The fourth-order valence-electron chi connectivity index (χ4n) is 2.23. The lowest BCUT2D eigenvalue weighted by Crippen LogP contribution is -2.60. The van der Waals surface area contributed by atoms with Gasteiger partial charge in [0, 0.05) is 18.7 Å². The van der Waals surface area contributed by atoms with E-state index in [1.807, 2.05) is 0 Å². The van der Waals surface area contributed by atoms with Gasteiger partial charge in [0.05, 0.1) is 13.5 Å². The average Bonchev–Trinajstić information content (AvgIpc) is 2.57. The van der Waals surface area contributed by atoms with E-state index in [1.165, 1.54) is 12.0 Å². The summed E-state index contributed by atoms with van der Waals surface area (Å²) in [5.74, 6) is -1.20. The number of rotatable bonds is 3. The highest BCUT2D eigenvalue weighted by atomic mass is 32.1. The van der Waals surface area contributed by atoms with E-state index < -0.39 is 12.0 Å².